The number of ether oxygens (including phenoxy) is 1. The second kappa shape index (κ2) is 8.40. The van der Waals surface area contributed by atoms with Crippen LogP contribution in [0.25, 0.3) is 10.9 Å². The molecule has 168 valence electrons. The molecule has 0 fully saturated rings. The molecule has 0 aliphatic carbocycles. The van der Waals surface area contributed by atoms with Crippen LogP contribution in [-0.2, 0) is 11.3 Å². The number of nitrogens with one attached hydrogen (secondary N) is 1. The molecule has 1 aliphatic rings. The Labute approximate surface area is 201 Å². The van der Waals surface area contributed by atoms with Crippen LogP contribution >= 0.6 is 23.2 Å². The number of hydrogen-bond donors (Lipinski definition) is 1. The minimum atomic E-state index is -0.756. The number of nitrogens with zero attached hydrogens (tertiary/aromatic N) is 2. The molecule has 8 nitrogen and oxygen atoms in total. The lowest BCUT2D eigenvalue weighted by Crippen LogP contribution is -2.29. The number of para-hydroxylation sites is 1. The number of amides is 2. The summed E-state index contributed by atoms with van der Waals surface area (Å²) in [5.41, 5.74) is 0.501. The smallest absolute Gasteiger partial charge is 0.338 e. The van der Waals surface area contributed by atoms with Gasteiger partial charge in [-0.25, -0.2) is 14.7 Å². The van der Waals surface area contributed by atoms with Crippen LogP contribution in [0.1, 0.15) is 36.9 Å². The molecular formula is C24H13Cl2N3O5. The lowest BCUT2D eigenvalue weighted by Gasteiger charge is -2.15. The van der Waals surface area contributed by atoms with Crippen molar-refractivity contribution < 1.29 is 19.1 Å². The molecule has 0 atom stereocenters. The number of anilines is 1. The fourth-order valence-corrected chi connectivity index (χ4v) is 4.05. The van der Waals surface area contributed by atoms with Gasteiger partial charge in [-0.2, -0.15) is 0 Å². The lowest BCUT2D eigenvalue weighted by molar-refractivity contribution is 0.0462. The van der Waals surface area contributed by atoms with Gasteiger partial charge in [0.05, 0.1) is 38.3 Å². The standard InChI is InChI=1S/C24H13Cl2N3O5/c25-13-6-8-15-18(10-13)27-20(28-21(15)30)11-34-24(33)12-5-7-14-16(9-12)23(32)29(22(14)31)19-4-2-1-3-17(19)26/h1-10H,11H2,(H,27,28,30). The molecular weight excluding hydrogens is 481 g/mol. The molecule has 4 aromatic rings. The van der Waals surface area contributed by atoms with Gasteiger partial charge in [0.25, 0.3) is 17.4 Å². The van der Waals surface area contributed by atoms with E-state index >= 15 is 0 Å². The van der Waals surface area contributed by atoms with Crippen LogP contribution in [0.4, 0.5) is 5.69 Å². The predicted octanol–water partition coefficient (Wildman–Crippen LogP) is 4.39. The summed E-state index contributed by atoms with van der Waals surface area (Å²) in [6.45, 7) is -0.313. The maximum atomic E-state index is 12.9. The van der Waals surface area contributed by atoms with Crippen molar-refractivity contribution in [3.8, 4) is 0 Å². The zero-order valence-corrected chi connectivity index (χ0v) is 18.7. The first-order valence-corrected chi connectivity index (χ1v) is 10.7. The van der Waals surface area contributed by atoms with E-state index in [1.807, 2.05) is 0 Å². The summed E-state index contributed by atoms with van der Waals surface area (Å²) in [4.78, 5) is 58.4. The quantitative estimate of drug-likeness (QED) is 0.333. The number of esters is 1. The molecule has 1 aromatic heterocycles. The summed E-state index contributed by atoms with van der Waals surface area (Å²) in [6, 6.07) is 15.2. The van der Waals surface area contributed by atoms with Gasteiger partial charge in [0, 0.05) is 5.02 Å². The number of hydrogen-bond acceptors (Lipinski definition) is 6. The van der Waals surface area contributed by atoms with E-state index in [9.17, 15) is 19.2 Å². The first-order chi connectivity index (χ1) is 16.3. The summed E-state index contributed by atoms with van der Waals surface area (Å²) in [6.07, 6.45) is 0. The van der Waals surface area contributed by atoms with Crippen LogP contribution in [0.2, 0.25) is 10.0 Å². The highest BCUT2D eigenvalue weighted by molar-refractivity contribution is 6.39. The maximum absolute atomic E-state index is 12.9. The highest BCUT2D eigenvalue weighted by atomic mass is 35.5. The van der Waals surface area contributed by atoms with Gasteiger partial charge in [0.2, 0.25) is 0 Å². The molecule has 0 unspecified atom stereocenters. The molecule has 2 heterocycles. The minimum absolute atomic E-state index is 0.0613. The monoisotopic (exact) mass is 493 g/mol. The number of benzene rings is 3. The van der Waals surface area contributed by atoms with E-state index in [-0.39, 0.29) is 39.8 Å². The first-order valence-electron chi connectivity index (χ1n) is 9.96. The summed E-state index contributed by atoms with van der Waals surface area (Å²) >= 11 is 12.1. The van der Waals surface area contributed by atoms with Crippen LogP contribution in [0.3, 0.4) is 0 Å². The Kier molecular flexibility index (Phi) is 5.39. The van der Waals surface area contributed by atoms with Gasteiger partial charge >= 0.3 is 5.97 Å². The van der Waals surface area contributed by atoms with E-state index < -0.39 is 23.3 Å². The topological polar surface area (TPSA) is 109 Å². The lowest BCUT2D eigenvalue weighted by atomic mass is 10.1. The number of imide groups is 1. The van der Waals surface area contributed by atoms with Gasteiger partial charge in [0.1, 0.15) is 12.4 Å². The Morgan fingerprint density at radius 1 is 0.941 bits per heavy atom. The Balaban J connectivity index is 1.38. The van der Waals surface area contributed by atoms with Gasteiger partial charge in [-0.15, -0.1) is 0 Å². The molecule has 0 bridgehead atoms. The number of aromatic amines is 1. The third-order valence-electron chi connectivity index (χ3n) is 5.27. The number of carbonyl (C=O) groups is 3. The number of fused-ring (bicyclic) bond motifs is 2. The maximum Gasteiger partial charge on any atom is 0.338 e. The predicted molar refractivity (Wildman–Crippen MR) is 126 cm³/mol. The highest BCUT2D eigenvalue weighted by Gasteiger charge is 2.38. The van der Waals surface area contributed by atoms with Crippen LogP contribution in [-0.4, -0.2) is 27.8 Å². The summed E-state index contributed by atoms with van der Waals surface area (Å²) in [5, 5.41) is 1.01. The second-order valence-electron chi connectivity index (χ2n) is 7.41. The molecule has 5 rings (SSSR count). The molecule has 1 aliphatic heterocycles. The zero-order chi connectivity index (χ0) is 24.0. The third kappa shape index (κ3) is 3.72. The van der Waals surface area contributed by atoms with Crippen molar-refractivity contribution in [1.29, 1.82) is 0 Å². The van der Waals surface area contributed by atoms with Gasteiger partial charge in [-0.05, 0) is 48.5 Å². The van der Waals surface area contributed by atoms with Crippen molar-refractivity contribution in [1.82, 2.24) is 9.97 Å². The van der Waals surface area contributed by atoms with Gasteiger partial charge in [0.15, 0.2) is 0 Å². The Hall–Kier alpha value is -4.01. The largest absolute Gasteiger partial charge is 0.454 e. The molecule has 0 saturated carbocycles. The first kappa shape index (κ1) is 21.8. The average Bonchev–Trinajstić information content (AvgIpc) is 3.07. The van der Waals surface area contributed by atoms with Crippen molar-refractivity contribution in [2.24, 2.45) is 0 Å². The molecule has 10 heteroatoms. The fraction of sp³-hybridized carbons (Fsp3) is 0.0417. The summed E-state index contributed by atoms with van der Waals surface area (Å²) in [7, 11) is 0. The Morgan fingerprint density at radius 3 is 2.50 bits per heavy atom. The molecule has 2 amide bonds. The van der Waals surface area contributed by atoms with Crippen LogP contribution < -0.4 is 10.5 Å². The number of rotatable bonds is 4. The fourth-order valence-electron chi connectivity index (χ4n) is 3.67. The van der Waals surface area contributed by atoms with Crippen molar-refractivity contribution in [2.75, 3.05) is 4.90 Å². The number of carbonyl (C=O) groups excluding carboxylic acids is 3. The minimum Gasteiger partial charge on any atom is -0.454 e. The summed E-state index contributed by atoms with van der Waals surface area (Å²) in [5.74, 6) is -1.76. The SMILES string of the molecule is O=C(OCc1nc2cc(Cl)ccc2c(=O)[nH]1)c1ccc2c(c1)C(=O)N(c1ccccc1Cl)C2=O. The van der Waals surface area contributed by atoms with Crippen molar-refractivity contribution in [3.63, 3.8) is 0 Å². The second-order valence-corrected chi connectivity index (χ2v) is 8.25. The number of aromatic nitrogens is 2. The van der Waals surface area contributed by atoms with Crippen LogP contribution in [0.15, 0.2) is 65.5 Å². The Bertz CT molecular complexity index is 1580. The van der Waals surface area contributed by atoms with E-state index in [1.165, 1.54) is 24.3 Å². The third-order valence-corrected chi connectivity index (χ3v) is 5.83. The molecule has 1 N–H and O–H groups in total. The average molecular weight is 494 g/mol. The molecule has 0 saturated heterocycles. The van der Waals surface area contributed by atoms with Gasteiger partial charge in [-0.1, -0.05) is 35.3 Å². The van der Waals surface area contributed by atoms with Crippen molar-refractivity contribution in [3.05, 3.63) is 104 Å². The van der Waals surface area contributed by atoms with Gasteiger partial charge in [-0.3, -0.25) is 14.4 Å². The number of halogens is 2. The van der Waals surface area contributed by atoms with Crippen molar-refractivity contribution >= 4 is 57.6 Å². The molecule has 3 aromatic carbocycles. The molecule has 0 radical (unpaired) electrons. The Morgan fingerprint density at radius 2 is 1.71 bits per heavy atom. The highest BCUT2D eigenvalue weighted by Crippen LogP contribution is 2.33. The number of H-pyrrole nitrogens is 1. The van der Waals surface area contributed by atoms with Gasteiger partial charge < -0.3 is 9.72 Å². The van der Waals surface area contributed by atoms with E-state index in [0.29, 0.717) is 15.9 Å². The van der Waals surface area contributed by atoms with Crippen LogP contribution in [0.5, 0.6) is 0 Å². The van der Waals surface area contributed by atoms with Crippen LogP contribution in [0, 0.1) is 0 Å². The summed E-state index contributed by atoms with van der Waals surface area (Å²) < 4.78 is 5.27. The van der Waals surface area contributed by atoms with E-state index in [0.717, 1.165) is 4.90 Å². The zero-order valence-electron chi connectivity index (χ0n) is 17.2. The van der Waals surface area contributed by atoms with E-state index in [2.05, 4.69) is 9.97 Å². The van der Waals surface area contributed by atoms with Crippen molar-refractivity contribution in [2.45, 2.75) is 6.61 Å². The molecule has 0 spiro atoms. The normalized spacial score (nSPS) is 12.8. The van der Waals surface area contributed by atoms with E-state index in [4.69, 9.17) is 27.9 Å². The van der Waals surface area contributed by atoms with E-state index in [1.54, 1.807) is 36.4 Å². The molecule has 34 heavy (non-hydrogen) atoms.